The van der Waals surface area contributed by atoms with Gasteiger partial charge in [-0.25, -0.2) is 0 Å². The maximum Gasteiger partial charge on any atom is 0.251 e. The fourth-order valence-electron chi connectivity index (χ4n) is 2.57. The van der Waals surface area contributed by atoms with Gasteiger partial charge in [0.15, 0.2) is 0 Å². The van der Waals surface area contributed by atoms with Crippen LogP contribution in [-0.2, 0) is 0 Å². The first kappa shape index (κ1) is 12.2. The van der Waals surface area contributed by atoms with Crippen LogP contribution in [0.2, 0.25) is 0 Å². The fourth-order valence-corrected chi connectivity index (χ4v) is 2.57. The Morgan fingerprint density at radius 2 is 2.06 bits per heavy atom. The smallest absolute Gasteiger partial charge is 0.251 e. The van der Waals surface area contributed by atoms with Crippen molar-refractivity contribution in [3.05, 3.63) is 35.4 Å². The lowest BCUT2D eigenvalue weighted by molar-refractivity contribution is 0.0910. The van der Waals surface area contributed by atoms with Gasteiger partial charge in [-0.3, -0.25) is 4.79 Å². The highest BCUT2D eigenvalue weighted by Crippen LogP contribution is 2.24. The number of hydrogen-bond donors (Lipinski definition) is 1. The second kappa shape index (κ2) is 5.35. The predicted molar refractivity (Wildman–Crippen MR) is 70.1 cm³/mol. The molecule has 0 bridgehead atoms. The molecular formula is C15H21NO. The molecule has 0 aliphatic heterocycles. The van der Waals surface area contributed by atoms with Crippen molar-refractivity contribution in [2.75, 3.05) is 0 Å². The van der Waals surface area contributed by atoms with E-state index in [1.165, 1.54) is 19.3 Å². The van der Waals surface area contributed by atoms with E-state index in [4.69, 9.17) is 0 Å². The molecule has 1 aromatic rings. The third kappa shape index (κ3) is 3.09. The summed E-state index contributed by atoms with van der Waals surface area (Å²) < 4.78 is 0. The van der Waals surface area contributed by atoms with E-state index in [2.05, 4.69) is 12.2 Å². The zero-order chi connectivity index (χ0) is 12.3. The molecule has 1 aliphatic rings. The topological polar surface area (TPSA) is 29.1 Å². The molecule has 0 saturated heterocycles. The van der Waals surface area contributed by atoms with Crippen molar-refractivity contribution in [2.24, 2.45) is 5.92 Å². The largest absolute Gasteiger partial charge is 0.349 e. The number of aryl methyl sites for hydroxylation is 1. The van der Waals surface area contributed by atoms with Gasteiger partial charge in [-0.15, -0.1) is 0 Å². The van der Waals surface area contributed by atoms with Crippen LogP contribution in [0.1, 0.15) is 48.5 Å². The van der Waals surface area contributed by atoms with E-state index in [9.17, 15) is 4.79 Å². The minimum atomic E-state index is 0.0763. The summed E-state index contributed by atoms with van der Waals surface area (Å²) in [6.07, 6.45) is 4.90. The standard InChI is InChI=1S/C15H21NO/c1-11-6-5-8-13(10-11)15(17)16-14-9-4-3-7-12(14)2/h5-6,8,10,12,14H,3-4,7,9H2,1-2H3,(H,16,17). The lowest BCUT2D eigenvalue weighted by Gasteiger charge is -2.29. The Labute approximate surface area is 103 Å². The van der Waals surface area contributed by atoms with Crippen LogP contribution in [-0.4, -0.2) is 11.9 Å². The normalized spacial score (nSPS) is 24.4. The van der Waals surface area contributed by atoms with Crippen molar-refractivity contribution in [1.29, 1.82) is 0 Å². The maximum atomic E-state index is 12.1. The predicted octanol–water partition coefficient (Wildman–Crippen LogP) is 3.30. The van der Waals surface area contributed by atoms with Crippen LogP contribution < -0.4 is 5.32 Å². The van der Waals surface area contributed by atoms with Gasteiger partial charge in [0.2, 0.25) is 0 Å². The first-order valence-corrected chi connectivity index (χ1v) is 6.54. The SMILES string of the molecule is Cc1cccc(C(=O)NC2CCCCC2C)c1. The average molecular weight is 231 g/mol. The van der Waals surface area contributed by atoms with Gasteiger partial charge < -0.3 is 5.32 Å². The lowest BCUT2D eigenvalue weighted by atomic mass is 9.86. The summed E-state index contributed by atoms with van der Waals surface area (Å²) in [4.78, 5) is 12.1. The van der Waals surface area contributed by atoms with Gasteiger partial charge in [0.25, 0.3) is 5.91 Å². The van der Waals surface area contributed by atoms with Crippen LogP contribution in [0.15, 0.2) is 24.3 Å². The van der Waals surface area contributed by atoms with Crippen molar-refractivity contribution in [1.82, 2.24) is 5.32 Å². The molecule has 1 saturated carbocycles. The zero-order valence-electron chi connectivity index (χ0n) is 10.7. The minimum absolute atomic E-state index is 0.0763. The molecule has 1 aliphatic carbocycles. The van der Waals surface area contributed by atoms with Gasteiger partial charge in [-0.2, -0.15) is 0 Å². The molecule has 1 N–H and O–H groups in total. The minimum Gasteiger partial charge on any atom is -0.349 e. The number of carbonyl (C=O) groups excluding carboxylic acids is 1. The number of hydrogen-bond acceptors (Lipinski definition) is 1. The van der Waals surface area contributed by atoms with Crippen molar-refractivity contribution in [3.8, 4) is 0 Å². The molecule has 2 nitrogen and oxygen atoms in total. The number of amides is 1. The molecule has 17 heavy (non-hydrogen) atoms. The second-order valence-corrected chi connectivity index (χ2v) is 5.21. The number of rotatable bonds is 2. The highest BCUT2D eigenvalue weighted by molar-refractivity contribution is 5.94. The Bertz CT molecular complexity index is 400. The number of carbonyl (C=O) groups is 1. The number of nitrogens with one attached hydrogen (secondary N) is 1. The Kier molecular flexibility index (Phi) is 3.82. The molecule has 0 radical (unpaired) electrons. The van der Waals surface area contributed by atoms with E-state index in [1.807, 2.05) is 31.2 Å². The monoisotopic (exact) mass is 231 g/mol. The maximum absolute atomic E-state index is 12.1. The molecule has 0 heterocycles. The molecule has 2 rings (SSSR count). The molecule has 2 heteroatoms. The van der Waals surface area contributed by atoms with E-state index in [1.54, 1.807) is 0 Å². The van der Waals surface area contributed by atoms with Crippen LogP contribution in [0.3, 0.4) is 0 Å². The fraction of sp³-hybridized carbons (Fsp3) is 0.533. The van der Waals surface area contributed by atoms with E-state index in [-0.39, 0.29) is 5.91 Å². The Balaban J connectivity index is 2.01. The first-order valence-electron chi connectivity index (χ1n) is 6.54. The second-order valence-electron chi connectivity index (χ2n) is 5.21. The van der Waals surface area contributed by atoms with Crippen molar-refractivity contribution in [2.45, 2.75) is 45.6 Å². The summed E-state index contributed by atoms with van der Waals surface area (Å²) >= 11 is 0. The van der Waals surface area contributed by atoms with Gasteiger partial charge in [-0.1, -0.05) is 37.5 Å². The van der Waals surface area contributed by atoms with E-state index >= 15 is 0 Å². The highest BCUT2D eigenvalue weighted by Gasteiger charge is 2.23. The van der Waals surface area contributed by atoms with Gasteiger partial charge in [0.05, 0.1) is 0 Å². The third-order valence-corrected chi connectivity index (χ3v) is 3.71. The van der Waals surface area contributed by atoms with Crippen LogP contribution in [0, 0.1) is 12.8 Å². The van der Waals surface area contributed by atoms with Crippen LogP contribution in [0.5, 0.6) is 0 Å². The quantitative estimate of drug-likeness (QED) is 0.831. The highest BCUT2D eigenvalue weighted by atomic mass is 16.1. The van der Waals surface area contributed by atoms with Crippen LogP contribution in [0.4, 0.5) is 0 Å². The summed E-state index contributed by atoms with van der Waals surface area (Å²) in [6, 6.07) is 8.14. The van der Waals surface area contributed by atoms with E-state index in [0.29, 0.717) is 12.0 Å². The summed E-state index contributed by atoms with van der Waals surface area (Å²) in [5.41, 5.74) is 1.91. The van der Waals surface area contributed by atoms with E-state index in [0.717, 1.165) is 17.5 Å². The molecule has 2 unspecified atom stereocenters. The van der Waals surface area contributed by atoms with Gasteiger partial charge in [0.1, 0.15) is 0 Å². The van der Waals surface area contributed by atoms with Gasteiger partial charge in [-0.05, 0) is 37.8 Å². The molecule has 0 aromatic heterocycles. The Hall–Kier alpha value is -1.31. The average Bonchev–Trinajstić information content (AvgIpc) is 2.32. The Morgan fingerprint density at radius 3 is 2.76 bits per heavy atom. The summed E-state index contributed by atoms with van der Waals surface area (Å²) in [6.45, 7) is 4.25. The molecular weight excluding hydrogens is 210 g/mol. The lowest BCUT2D eigenvalue weighted by Crippen LogP contribution is -2.41. The van der Waals surface area contributed by atoms with E-state index < -0.39 is 0 Å². The molecule has 1 amide bonds. The van der Waals surface area contributed by atoms with Crippen molar-refractivity contribution < 1.29 is 4.79 Å². The molecule has 92 valence electrons. The summed E-state index contributed by atoms with van der Waals surface area (Å²) in [7, 11) is 0. The van der Waals surface area contributed by atoms with Gasteiger partial charge in [0, 0.05) is 11.6 Å². The summed E-state index contributed by atoms with van der Waals surface area (Å²) in [5.74, 6) is 0.685. The van der Waals surface area contributed by atoms with Gasteiger partial charge >= 0.3 is 0 Å². The Morgan fingerprint density at radius 1 is 1.29 bits per heavy atom. The molecule has 2 atom stereocenters. The number of benzene rings is 1. The third-order valence-electron chi connectivity index (χ3n) is 3.71. The molecule has 1 fully saturated rings. The zero-order valence-corrected chi connectivity index (χ0v) is 10.7. The van der Waals surface area contributed by atoms with Crippen molar-refractivity contribution in [3.63, 3.8) is 0 Å². The van der Waals surface area contributed by atoms with Crippen molar-refractivity contribution >= 4 is 5.91 Å². The van der Waals surface area contributed by atoms with Crippen LogP contribution >= 0.6 is 0 Å². The summed E-state index contributed by atoms with van der Waals surface area (Å²) in [5, 5.41) is 3.17. The molecule has 1 aromatic carbocycles. The van der Waals surface area contributed by atoms with Crippen LogP contribution in [0.25, 0.3) is 0 Å². The first-order chi connectivity index (χ1) is 8.16. The molecule has 0 spiro atoms.